The van der Waals surface area contributed by atoms with Gasteiger partial charge >= 0.3 is 0 Å². The summed E-state index contributed by atoms with van der Waals surface area (Å²) in [5, 5.41) is 12.3. The van der Waals surface area contributed by atoms with Gasteiger partial charge in [-0.3, -0.25) is 19.7 Å². The van der Waals surface area contributed by atoms with E-state index >= 15 is 0 Å². The average Bonchev–Trinajstić information content (AvgIpc) is 2.39. The van der Waals surface area contributed by atoms with Crippen molar-refractivity contribution in [3.63, 3.8) is 0 Å². The first-order valence-electron chi connectivity index (χ1n) is 5.48. The van der Waals surface area contributed by atoms with Gasteiger partial charge in [-0.15, -0.1) is 0 Å². The standard InChI is InChI=1S/C11H11ClN2O4/c12-8-3-4-9(10(7-8)14(16)17)11(15)13-5-1-2-6-18-13/h3-4,7H,1-2,5-6H2. The van der Waals surface area contributed by atoms with E-state index in [9.17, 15) is 14.9 Å². The number of rotatable bonds is 2. The van der Waals surface area contributed by atoms with Gasteiger partial charge in [0.25, 0.3) is 11.6 Å². The number of benzene rings is 1. The summed E-state index contributed by atoms with van der Waals surface area (Å²) in [6.45, 7) is 0.895. The van der Waals surface area contributed by atoms with Crippen molar-refractivity contribution in [2.45, 2.75) is 12.8 Å². The van der Waals surface area contributed by atoms with E-state index in [-0.39, 0.29) is 16.3 Å². The molecular weight excluding hydrogens is 260 g/mol. The molecule has 1 amide bonds. The molecule has 1 aromatic carbocycles. The first-order chi connectivity index (χ1) is 8.59. The minimum Gasteiger partial charge on any atom is -0.271 e. The van der Waals surface area contributed by atoms with Gasteiger partial charge in [0.05, 0.1) is 11.5 Å². The lowest BCUT2D eigenvalue weighted by Crippen LogP contribution is -2.36. The van der Waals surface area contributed by atoms with Gasteiger partial charge in [0.1, 0.15) is 5.56 Å². The number of hydroxylamine groups is 2. The van der Waals surface area contributed by atoms with Crippen molar-refractivity contribution < 1.29 is 14.6 Å². The van der Waals surface area contributed by atoms with Crippen LogP contribution in [0.5, 0.6) is 0 Å². The van der Waals surface area contributed by atoms with Crippen LogP contribution in [0, 0.1) is 10.1 Å². The van der Waals surface area contributed by atoms with E-state index in [1.54, 1.807) is 0 Å². The number of nitrogens with zero attached hydrogens (tertiary/aromatic N) is 2. The molecule has 1 saturated heterocycles. The highest BCUT2D eigenvalue weighted by molar-refractivity contribution is 6.31. The zero-order valence-corrected chi connectivity index (χ0v) is 10.2. The molecule has 0 radical (unpaired) electrons. The molecule has 0 aromatic heterocycles. The maximum absolute atomic E-state index is 12.1. The minimum atomic E-state index is -0.622. The van der Waals surface area contributed by atoms with Gasteiger partial charge in [-0.2, -0.15) is 0 Å². The molecule has 1 heterocycles. The highest BCUT2D eigenvalue weighted by atomic mass is 35.5. The van der Waals surface area contributed by atoms with Crippen LogP contribution in [-0.4, -0.2) is 29.0 Å². The zero-order chi connectivity index (χ0) is 13.1. The molecule has 0 spiro atoms. The lowest BCUT2D eigenvalue weighted by molar-refractivity contribution is -0.385. The Hall–Kier alpha value is -1.66. The Labute approximate surface area is 108 Å². The van der Waals surface area contributed by atoms with E-state index in [0.717, 1.165) is 12.8 Å². The summed E-state index contributed by atoms with van der Waals surface area (Å²) in [6.07, 6.45) is 1.71. The Kier molecular flexibility index (Phi) is 3.78. The zero-order valence-electron chi connectivity index (χ0n) is 9.47. The Morgan fingerprint density at radius 2 is 2.22 bits per heavy atom. The first kappa shape index (κ1) is 12.8. The number of nitro groups is 1. The van der Waals surface area contributed by atoms with Crippen molar-refractivity contribution in [2.24, 2.45) is 0 Å². The van der Waals surface area contributed by atoms with E-state index in [1.165, 1.54) is 23.3 Å². The summed E-state index contributed by atoms with van der Waals surface area (Å²) in [5.74, 6) is -0.502. The second kappa shape index (κ2) is 5.32. The molecule has 0 N–H and O–H groups in total. The van der Waals surface area contributed by atoms with E-state index < -0.39 is 10.8 Å². The van der Waals surface area contributed by atoms with Crippen LogP contribution in [-0.2, 0) is 4.84 Å². The predicted octanol–water partition coefficient (Wildman–Crippen LogP) is 2.42. The van der Waals surface area contributed by atoms with Gasteiger partial charge in [0, 0.05) is 17.6 Å². The van der Waals surface area contributed by atoms with Crippen molar-refractivity contribution in [2.75, 3.05) is 13.2 Å². The molecule has 7 heteroatoms. The van der Waals surface area contributed by atoms with Crippen molar-refractivity contribution >= 4 is 23.2 Å². The third-order valence-corrected chi connectivity index (χ3v) is 2.85. The Balaban J connectivity index is 2.31. The summed E-state index contributed by atoms with van der Waals surface area (Å²) in [7, 11) is 0. The third kappa shape index (κ3) is 2.60. The summed E-state index contributed by atoms with van der Waals surface area (Å²) in [4.78, 5) is 27.6. The molecule has 0 atom stereocenters. The second-order valence-electron chi connectivity index (χ2n) is 3.87. The summed E-state index contributed by atoms with van der Waals surface area (Å²) >= 11 is 5.69. The largest absolute Gasteiger partial charge is 0.284 e. The molecule has 0 saturated carbocycles. The normalized spacial score (nSPS) is 15.5. The summed E-state index contributed by atoms with van der Waals surface area (Å²) < 4.78 is 0. The van der Waals surface area contributed by atoms with Crippen LogP contribution in [0.2, 0.25) is 5.02 Å². The average molecular weight is 271 g/mol. The molecule has 2 rings (SSSR count). The van der Waals surface area contributed by atoms with E-state index in [1.807, 2.05) is 0 Å². The number of carbonyl (C=O) groups is 1. The Morgan fingerprint density at radius 3 is 2.83 bits per heavy atom. The summed E-state index contributed by atoms with van der Waals surface area (Å²) in [6, 6.07) is 3.96. The lowest BCUT2D eigenvalue weighted by Gasteiger charge is -2.25. The van der Waals surface area contributed by atoms with Crippen molar-refractivity contribution in [3.05, 3.63) is 38.9 Å². The first-order valence-corrected chi connectivity index (χ1v) is 5.86. The molecule has 96 valence electrons. The van der Waals surface area contributed by atoms with Gasteiger partial charge in [0.2, 0.25) is 0 Å². The molecule has 1 aromatic rings. The quantitative estimate of drug-likeness (QED) is 0.611. The maximum Gasteiger partial charge on any atom is 0.284 e. The number of hydrogen-bond donors (Lipinski definition) is 0. The lowest BCUT2D eigenvalue weighted by atomic mass is 10.1. The van der Waals surface area contributed by atoms with Crippen LogP contribution >= 0.6 is 11.6 Å². The number of amides is 1. The number of hydrogen-bond acceptors (Lipinski definition) is 4. The molecular formula is C11H11ClN2O4. The van der Waals surface area contributed by atoms with E-state index in [4.69, 9.17) is 16.4 Å². The topological polar surface area (TPSA) is 72.7 Å². The van der Waals surface area contributed by atoms with Crippen molar-refractivity contribution in [1.29, 1.82) is 0 Å². The van der Waals surface area contributed by atoms with Crippen molar-refractivity contribution in [1.82, 2.24) is 5.06 Å². The third-order valence-electron chi connectivity index (χ3n) is 2.62. The number of carbonyl (C=O) groups excluding carboxylic acids is 1. The number of halogens is 1. The molecule has 1 fully saturated rings. The highest BCUT2D eigenvalue weighted by Gasteiger charge is 2.26. The Morgan fingerprint density at radius 1 is 1.44 bits per heavy atom. The van der Waals surface area contributed by atoms with Gasteiger partial charge in [-0.05, 0) is 25.0 Å². The van der Waals surface area contributed by atoms with Gasteiger partial charge in [-0.25, -0.2) is 5.06 Å². The fourth-order valence-electron chi connectivity index (χ4n) is 1.73. The SMILES string of the molecule is O=C(c1ccc(Cl)cc1[N+](=O)[O-])N1CCCCO1. The fraction of sp³-hybridized carbons (Fsp3) is 0.364. The van der Waals surface area contributed by atoms with Crippen LogP contribution in [0.1, 0.15) is 23.2 Å². The fourth-order valence-corrected chi connectivity index (χ4v) is 1.89. The predicted molar refractivity (Wildman–Crippen MR) is 64.3 cm³/mol. The molecule has 0 bridgehead atoms. The van der Waals surface area contributed by atoms with Crippen molar-refractivity contribution in [3.8, 4) is 0 Å². The highest BCUT2D eigenvalue weighted by Crippen LogP contribution is 2.25. The molecule has 1 aliphatic rings. The minimum absolute atomic E-state index is 0.00806. The molecule has 0 aliphatic carbocycles. The molecule has 1 aliphatic heterocycles. The van der Waals surface area contributed by atoms with E-state index in [0.29, 0.717) is 13.2 Å². The monoisotopic (exact) mass is 270 g/mol. The van der Waals surface area contributed by atoms with Gasteiger partial charge < -0.3 is 0 Å². The summed E-state index contributed by atoms with van der Waals surface area (Å²) in [5.41, 5.74) is -0.312. The van der Waals surface area contributed by atoms with E-state index in [2.05, 4.69) is 0 Å². The van der Waals surface area contributed by atoms with Crippen LogP contribution < -0.4 is 0 Å². The Bertz CT molecular complexity index is 486. The molecule has 0 unspecified atom stereocenters. The van der Waals surface area contributed by atoms with Crippen LogP contribution in [0.4, 0.5) is 5.69 Å². The smallest absolute Gasteiger partial charge is 0.271 e. The maximum atomic E-state index is 12.1. The number of nitro benzene ring substituents is 1. The molecule has 6 nitrogen and oxygen atoms in total. The van der Waals surface area contributed by atoms with Gasteiger partial charge in [0.15, 0.2) is 0 Å². The van der Waals surface area contributed by atoms with Crippen LogP contribution in [0.25, 0.3) is 0 Å². The molecule has 18 heavy (non-hydrogen) atoms. The van der Waals surface area contributed by atoms with Crippen LogP contribution in [0.15, 0.2) is 18.2 Å². The second-order valence-corrected chi connectivity index (χ2v) is 4.30. The van der Waals surface area contributed by atoms with Crippen LogP contribution in [0.3, 0.4) is 0 Å². The van der Waals surface area contributed by atoms with Gasteiger partial charge in [-0.1, -0.05) is 11.6 Å².